The zero-order chi connectivity index (χ0) is 17.6. The first kappa shape index (κ1) is 18.1. The number of hydrogen-bond donors (Lipinski definition) is 1. The van der Waals surface area contributed by atoms with Gasteiger partial charge in [0.2, 0.25) is 0 Å². The number of nitro benzene ring substituents is 1. The van der Waals surface area contributed by atoms with E-state index in [2.05, 4.69) is 5.32 Å². The van der Waals surface area contributed by atoms with Gasteiger partial charge in [0, 0.05) is 31.8 Å². The van der Waals surface area contributed by atoms with Gasteiger partial charge in [-0.25, -0.2) is 0 Å². The molecule has 0 saturated heterocycles. The molecule has 1 aromatic rings. The van der Waals surface area contributed by atoms with Gasteiger partial charge >= 0.3 is 5.97 Å². The first-order valence-electron chi connectivity index (χ1n) is 6.65. The molecule has 0 bridgehead atoms. The van der Waals surface area contributed by atoms with Gasteiger partial charge in [0.05, 0.1) is 4.92 Å². The first-order chi connectivity index (χ1) is 10.7. The molecule has 0 aliphatic rings. The van der Waals surface area contributed by atoms with Crippen LogP contribution in [0.25, 0.3) is 0 Å². The van der Waals surface area contributed by atoms with E-state index in [4.69, 9.17) is 4.74 Å². The Morgan fingerprint density at radius 1 is 1.35 bits per heavy atom. The highest BCUT2D eigenvalue weighted by molar-refractivity contribution is 5.96. The lowest BCUT2D eigenvalue weighted by atomic mass is 10.2. The van der Waals surface area contributed by atoms with E-state index < -0.39 is 29.4 Å². The third-order valence-electron chi connectivity index (χ3n) is 2.81. The molecule has 2 amide bonds. The molecule has 0 aromatic heterocycles. The highest BCUT2D eigenvalue weighted by Crippen LogP contribution is 2.12. The molecule has 0 fully saturated rings. The van der Waals surface area contributed by atoms with Crippen molar-refractivity contribution in [1.82, 2.24) is 10.2 Å². The molecule has 0 unspecified atom stereocenters. The SMILES string of the molecule is C[C@H](OC(=O)CNC(=O)c1cccc([N+](=O)[O-])c1)C(=O)N(C)C. The minimum Gasteiger partial charge on any atom is -0.451 e. The summed E-state index contributed by atoms with van der Waals surface area (Å²) in [5.41, 5.74) is -0.185. The number of esters is 1. The standard InChI is InChI=1S/C14H17N3O6/c1-9(14(20)16(2)3)23-12(18)8-15-13(19)10-5-4-6-11(7-10)17(21)22/h4-7,9H,8H2,1-3H3,(H,15,19)/t9-/m0/s1. The molecule has 0 saturated carbocycles. The molecule has 0 radical (unpaired) electrons. The van der Waals surface area contributed by atoms with Gasteiger partial charge in [-0.15, -0.1) is 0 Å². The summed E-state index contributed by atoms with van der Waals surface area (Å²) in [7, 11) is 3.05. The van der Waals surface area contributed by atoms with E-state index in [0.29, 0.717) is 0 Å². The fourth-order valence-corrected chi connectivity index (χ4v) is 1.67. The number of nitrogens with zero attached hydrogens (tertiary/aromatic N) is 2. The normalized spacial score (nSPS) is 11.3. The molecule has 1 aromatic carbocycles. The molecular formula is C14H17N3O6. The molecule has 1 atom stereocenters. The smallest absolute Gasteiger partial charge is 0.326 e. The lowest BCUT2D eigenvalue weighted by Gasteiger charge is -2.17. The first-order valence-corrected chi connectivity index (χ1v) is 6.65. The van der Waals surface area contributed by atoms with Crippen molar-refractivity contribution in [2.75, 3.05) is 20.6 Å². The number of rotatable bonds is 6. The molecular weight excluding hydrogens is 306 g/mol. The Balaban J connectivity index is 2.56. The van der Waals surface area contributed by atoms with Crippen molar-refractivity contribution in [2.24, 2.45) is 0 Å². The van der Waals surface area contributed by atoms with Crippen molar-refractivity contribution in [2.45, 2.75) is 13.0 Å². The summed E-state index contributed by atoms with van der Waals surface area (Å²) in [6, 6.07) is 5.09. The second kappa shape index (κ2) is 7.87. The molecule has 9 heteroatoms. The Bertz CT molecular complexity index is 629. The largest absolute Gasteiger partial charge is 0.451 e. The van der Waals surface area contributed by atoms with Crippen LogP contribution in [0, 0.1) is 10.1 Å². The maximum absolute atomic E-state index is 11.8. The summed E-state index contributed by atoms with van der Waals surface area (Å²) in [5, 5.41) is 12.9. The molecule has 0 aliphatic carbocycles. The van der Waals surface area contributed by atoms with Crippen LogP contribution in [0.3, 0.4) is 0 Å². The summed E-state index contributed by atoms with van der Waals surface area (Å²) in [6.07, 6.45) is -0.966. The van der Waals surface area contributed by atoms with Crippen molar-refractivity contribution in [3.63, 3.8) is 0 Å². The van der Waals surface area contributed by atoms with Crippen LogP contribution < -0.4 is 5.32 Å². The highest BCUT2D eigenvalue weighted by Gasteiger charge is 2.20. The summed E-state index contributed by atoms with van der Waals surface area (Å²) in [5.74, 6) is -1.83. The van der Waals surface area contributed by atoms with E-state index in [1.807, 2.05) is 0 Å². The Morgan fingerprint density at radius 2 is 2.00 bits per heavy atom. The van der Waals surface area contributed by atoms with Crippen LogP contribution >= 0.6 is 0 Å². The van der Waals surface area contributed by atoms with Crippen LogP contribution in [0.15, 0.2) is 24.3 Å². The number of ether oxygens (including phenoxy) is 1. The van der Waals surface area contributed by atoms with Gasteiger partial charge in [0.25, 0.3) is 17.5 Å². The van der Waals surface area contributed by atoms with Crippen LogP contribution in [-0.2, 0) is 14.3 Å². The predicted octanol–water partition coefficient (Wildman–Crippen LogP) is 0.344. The number of hydrogen-bond acceptors (Lipinski definition) is 6. The van der Waals surface area contributed by atoms with Crippen molar-refractivity contribution in [3.8, 4) is 0 Å². The summed E-state index contributed by atoms with van der Waals surface area (Å²) < 4.78 is 4.87. The topological polar surface area (TPSA) is 119 Å². The van der Waals surface area contributed by atoms with E-state index in [-0.39, 0.29) is 17.2 Å². The Hall–Kier alpha value is -2.97. The van der Waals surface area contributed by atoms with Crippen LogP contribution in [0.4, 0.5) is 5.69 Å². The number of likely N-dealkylation sites (N-methyl/N-ethyl adjacent to an activating group) is 1. The minimum atomic E-state index is -0.966. The van der Waals surface area contributed by atoms with Crippen molar-refractivity contribution in [1.29, 1.82) is 0 Å². The van der Waals surface area contributed by atoms with E-state index in [9.17, 15) is 24.5 Å². The van der Waals surface area contributed by atoms with Crippen LogP contribution in [0.2, 0.25) is 0 Å². The molecule has 1 N–H and O–H groups in total. The Kier molecular flexibility index (Phi) is 6.19. The lowest BCUT2D eigenvalue weighted by Crippen LogP contribution is -2.38. The molecule has 1 rings (SSSR count). The fraction of sp³-hybridized carbons (Fsp3) is 0.357. The quantitative estimate of drug-likeness (QED) is 0.458. The van der Waals surface area contributed by atoms with Crippen LogP contribution in [-0.4, -0.2) is 54.4 Å². The molecule has 9 nitrogen and oxygen atoms in total. The van der Waals surface area contributed by atoms with Gasteiger partial charge in [0.1, 0.15) is 6.54 Å². The molecule has 23 heavy (non-hydrogen) atoms. The molecule has 124 valence electrons. The van der Waals surface area contributed by atoms with Crippen LogP contribution in [0.1, 0.15) is 17.3 Å². The van der Waals surface area contributed by atoms with Gasteiger partial charge in [-0.3, -0.25) is 24.5 Å². The third kappa shape index (κ3) is 5.38. The average molecular weight is 323 g/mol. The van der Waals surface area contributed by atoms with Crippen molar-refractivity contribution in [3.05, 3.63) is 39.9 Å². The summed E-state index contributed by atoms with van der Waals surface area (Å²) >= 11 is 0. The number of carbonyl (C=O) groups excluding carboxylic acids is 3. The highest BCUT2D eigenvalue weighted by atomic mass is 16.6. The average Bonchev–Trinajstić information content (AvgIpc) is 2.51. The number of non-ortho nitro benzene ring substituents is 1. The number of benzene rings is 1. The third-order valence-corrected chi connectivity index (χ3v) is 2.81. The predicted molar refractivity (Wildman–Crippen MR) is 79.7 cm³/mol. The monoisotopic (exact) mass is 323 g/mol. The maximum Gasteiger partial charge on any atom is 0.326 e. The van der Waals surface area contributed by atoms with Crippen molar-refractivity contribution < 1.29 is 24.0 Å². The second-order valence-corrected chi connectivity index (χ2v) is 4.85. The minimum absolute atomic E-state index is 0.0458. The summed E-state index contributed by atoms with van der Waals surface area (Å²) in [6.45, 7) is 0.967. The van der Waals surface area contributed by atoms with E-state index in [0.717, 1.165) is 6.07 Å². The van der Waals surface area contributed by atoms with E-state index in [1.54, 1.807) is 0 Å². The van der Waals surface area contributed by atoms with Gasteiger partial charge in [-0.2, -0.15) is 0 Å². The van der Waals surface area contributed by atoms with Gasteiger partial charge < -0.3 is 15.0 Å². The number of nitrogens with one attached hydrogen (secondary N) is 1. The fourth-order valence-electron chi connectivity index (χ4n) is 1.67. The Morgan fingerprint density at radius 3 is 2.57 bits per heavy atom. The van der Waals surface area contributed by atoms with E-state index in [1.165, 1.54) is 44.1 Å². The zero-order valence-corrected chi connectivity index (χ0v) is 12.9. The Labute approximate surface area is 132 Å². The number of amides is 2. The van der Waals surface area contributed by atoms with Crippen LogP contribution in [0.5, 0.6) is 0 Å². The zero-order valence-electron chi connectivity index (χ0n) is 12.9. The summed E-state index contributed by atoms with van der Waals surface area (Å²) in [4.78, 5) is 46.2. The molecule has 0 spiro atoms. The maximum atomic E-state index is 11.8. The molecule has 0 aliphatic heterocycles. The number of nitro groups is 1. The van der Waals surface area contributed by atoms with Gasteiger partial charge in [-0.1, -0.05) is 6.07 Å². The van der Waals surface area contributed by atoms with Crippen molar-refractivity contribution >= 4 is 23.5 Å². The lowest BCUT2D eigenvalue weighted by molar-refractivity contribution is -0.384. The number of carbonyl (C=O) groups is 3. The van der Waals surface area contributed by atoms with E-state index >= 15 is 0 Å². The van der Waals surface area contributed by atoms with Gasteiger partial charge in [0.15, 0.2) is 6.10 Å². The van der Waals surface area contributed by atoms with Gasteiger partial charge in [-0.05, 0) is 13.0 Å². The molecule has 0 heterocycles. The second-order valence-electron chi connectivity index (χ2n) is 4.85.